The van der Waals surface area contributed by atoms with Gasteiger partial charge in [0.05, 0.1) is 5.41 Å². The van der Waals surface area contributed by atoms with E-state index < -0.39 is 17.4 Å². The summed E-state index contributed by atoms with van der Waals surface area (Å²) in [5, 5.41) is 13.5. The van der Waals surface area contributed by atoms with Crippen LogP contribution in [0.2, 0.25) is 5.02 Å². The van der Waals surface area contributed by atoms with Gasteiger partial charge in [-0.15, -0.1) is 0 Å². The lowest BCUT2D eigenvalue weighted by Gasteiger charge is -2.36. The van der Waals surface area contributed by atoms with Crippen molar-refractivity contribution in [2.75, 3.05) is 23.8 Å². The maximum atomic E-state index is 13.6. The molecule has 37 heavy (non-hydrogen) atoms. The summed E-state index contributed by atoms with van der Waals surface area (Å²) in [5.74, 6) is -1.07. The minimum absolute atomic E-state index is 0.0312. The molecule has 10 heteroatoms. The van der Waals surface area contributed by atoms with Gasteiger partial charge in [-0.25, -0.2) is 0 Å². The molecule has 2 unspecified atom stereocenters. The second-order valence-corrected chi connectivity index (χ2v) is 10.2. The maximum Gasteiger partial charge on any atom is 0.270 e. The molecule has 3 aromatic rings. The number of rotatable bonds is 5. The Hall–Kier alpha value is -3.69. The van der Waals surface area contributed by atoms with E-state index in [4.69, 9.17) is 16.3 Å². The van der Waals surface area contributed by atoms with Crippen molar-refractivity contribution in [3.05, 3.63) is 76.1 Å². The molecule has 1 fully saturated rings. The first kappa shape index (κ1) is 23.7. The predicted molar refractivity (Wildman–Crippen MR) is 138 cm³/mol. The van der Waals surface area contributed by atoms with Gasteiger partial charge in [-0.2, -0.15) is 5.10 Å². The van der Waals surface area contributed by atoms with Crippen molar-refractivity contribution in [2.45, 2.75) is 36.6 Å². The third-order valence-corrected chi connectivity index (χ3v) is 8.14. The Morgan fingerprint density at radius 2 is 2.03 bits per heavy atom. The van der Waals surface area contributed by atoms with Crippen LogP contribution in [-0.4, -0.2) is 46.8 Å². The standard InChI is InChI=1S/C27H26ClN5O4/c1-33-21(7-10-29-33)24(34)32-23(17-13-15-3-2-4-19(28)22(15)17)25(35)30-16-5-6-18-20(14-16)31-26(36)27(18)8-11-37-12-9-27/h2-7,10,14,17,23H,8-9,11-13H2,1H3,(H,30,35)(H,31,36)(H,32,34). The minimum atomic E-state index is -0.862. The smallest absolute Gasteiger partial charge is 0.270 e. The highest BCUT2D eigenvalue weighted by molar-refractivity contribution is 6.31. The van der Waals surface area contributed by atoms with E-state index in [0.717, 1.165) is 16.7 Å². The van der Waals surface area contributed by atoms with Crippen molar-refractivity contribution in [1.82, 2.24) is 15.1 Å². The summed E-state index contributed by atoms with van der Waals surface area (Å²) < 4.78 is 6.93. The molecule has 3 heterocycles. The molecule has 190 valence electrons. The van der Waals surface area contributed by atoms with Gasteiger partial charge in [-0.3, -0.25) is 19.1 Å². The number of hydrogen-bond donors (Lipinski definition) is 3. The monoisotopic (exact) mass is 519 g/mol. The first-order valence-electron chi connectivity index (χ1n) is 12.3. The second kappa shape index (κ2) is 9.00. The Bertz CT molecular complexity index is 1410. The molecule has 1 spiro atoms. The number of carbonyl (C=O) groups excluding carboxylic acids is 3. The van der Waals surface area contributed by atoms with Crippen LogP contribution >= 0.6 is 11.6 Å². The third-order valence-electron chi connectivity index (χ3n) is 7.81. The van der Waals surface area contributed by atoms with Crippen LogP contribution in [-0.2, 0) is 33.2 Å². The number of amides is 3. The SMILES string of the molecule is Cn1nccc1C(=O)NC(C(=O)Nc1ccc2c(c1)NC(=O)C21CCOCC1)C1Cc2cccc(Cl)c21. The molecule has 3 amide bonds. The molecule has 0 bridgehead atoms. The molecule has 2 aromatic carbocycles. The van der Waals surface area contributed by atoms with Crippen molar-refractivity contribution in [2.24, 2.45) is 7.05 Å². The normalized spacial score (nSPS) is 19.8. The lowest BCUT2D eigenvalue weighted by atomic mass is 9.73. The van der Waals surface area contributed by atoms with Gasteiger partial charge in [0, 0.05) is 48.8 Å². The van der Waals surface area contributed by atoms with E-state index in [9.17, 15) is 14.4 Å². The van der Waals surface area contributed by atoms with E-state index in [-0.39, 0.29) is 17.7 Å². The van der Waals surface area contributed by atoms with Crippen LogP contribution in [0.4, 0.5) is 11.4 Å². The van der Waals surface area contributed by atoms with Gasteiger partial charge in [0.2, 0.25) is 11.8 Å². The Kier molecular flexibility index (Phi) is 5.77. The lowest BCUT2D eigenvalue weighted by molar-refractivity contribution is -0.124. The number of hydrogen-bond acceptors (Lipinski definition) is 5. The van der Waals surface area contributed by atoms with E-state index >= 15 is 0 Å². The van der Waals surface area contributed by atoms with Crippen molar-refractivity contribution in [3.63, 3.8) is 0 Å². The summed E-state index contributed by atoms with van der Waals surface area (Å²) in [4.78, 5) is 39.6. The highest BCUT2D eigenvalue weighted by atomic mass is 35.5. The highest BCUT2D eigenvalue weighted by Gasteiger charge is 2.47. The van der Waals surface area contributed by atoms with Crippen LogP contribution in [0.1, 0.15) is 45.9 Å². The van der Waals surface area contributed by atoms with E-state index in [0.29, 0.717) is 54.6 Å². The minimum Gasteiger partial charge on any atom is -0.381 e. The van der Waals surface area contributed by atoms with Crippen LogP contribution in [0.25, 0.3) is 0 Å². The summed E-state index contributed by atoms with van der Waals surface area (Å²) in [6, 6.07) is 11.9. The van der Waals surface area contributed by atoms with Crippen molar-refractivity contribution in [3.8, 4) is 0 Å². The largest absolute Gasteiger partial charge is 0.381 e. The molecule has 0 radical (unpaired) electrons. The van der Waals surface area contributed by atoms with E-state index in [2.05, 4.69) is 21.0 Å². The van der Waals surface area contributed by atoms with Gasteiger partial charge in [0.15, 0.2) is 0 Å². The third kappa shape index (κ3) is 3.89. The van der Waals surface area contributed by atoms with Crippen LogP contribution in [0.15, 0.2) is 48.7 Å². The molecule has 1 saturated heterocycles. The number of anilines is 2. The quantitative estimate of drug-likeness (QED) is 0.479. The Morgan fingerprint density at radius 1 is 1.22 bits per heavy atom. The molecule has 2 aliphatic heterocycles. The zero-order chi connectivity index (χ0) is 25.7. The van der Waals surface area contributed by atoms with Crippen molar-refractivity contribution in [1.29, 1.82) is 0 Å². The van der Waals surface area contributed by atoms with E-state index in [1.54, 1.807) is 31.3 Å². The average Bonchev–Trinajstić information content (AvgIpc) is 3.40. The lowest BCUT2D eigenvalue weighted by Crippen LogP contribution is -2.50. The summed E-state index contributed by atoms with van der Waals surface area (Å²) in [7, 11) is 1.67. The summed E-state index contributed by atoms with van der Waals surface area (Å²) in [6.45, 7) is 1.07. The van der Waals surface area contributed by atoms with Crippen LogP contribution in [0, 0.1) is 0 Å². The molecule has 1 aliphatic carbocycles. The van der Waals surface area contributed by atoms with Crippen LogP contribution in [0.3, 0.4) is 0 Å². The summed E-state index contributed by atoms with van der Waals surface area (Å²) in [6.07, 6.45) is 3.40. The second-order valence-electron chi connectivity index (χ2n) is 9.81. The fourth-order valence-electron chi connectivity index (χ4n) is 5.77. The van der Waals surface area contributed by atoms with Gasteiger partial charge in [0.1, 0.15) is 11.7 Å². The number of halogens is 1. The van der Waals surface area contributed by atoms with E-state index in [1.807, 2.05) is 18.2 Å². The number of benzene rings is 2. The number of carbonyl (C=O) groups is 3. The highest BCUT2D eigenvalue weighted by Crippen LogP contribution is 2.46. The molecule has 3 aliphatic rings. The molecular formula is C27H26ClN5O4. The fourth-order valence-corrected chi connectivity index (χ4v) is 6.11. The zero-order valence-corrected chi connectivity index (χ0v) is 21.0. The Balaban J connectivity index is 1.27. The molecule has 1 aromatic heterocycles. The molecule has 6 rings (SSSR count). The molecular weight excluding hydrogens is 494 g/mol. The van der Waals surface area contributed by atoms with Crippen LogP contribution in [0.5, 0.6) is 0 Å². The summed E-state index contributed by atoms with van der Waals surface area (Å²) in [5.41, 5.74) is 3.86. The van der Waals surface area contributed by atoms with Gasteiger partial charge in [-0.1, -0.05) is 29.8 Å². The van der Waals surface area contributed by atoms with Gasteiger partial charge >= 0.3 is 0 Å². The number of nitrogens with zero attached hydrogens (tertiary/aromatic N) is 2. The van der Waals surface area contributed by atoms with Gasteiger partial charge in [0.25, 0.3) is 5.91 Å². The Morgan fingerprint density at radius 3 is 2.76 bits per heavy atom. The van der Waals surface area contributed by atoms with Crippen molar-refractivity contribution >= 4 is 40.7 Å². The topological polar surface area (TPSA) is 114 Å². The van der Waals surface area contributed by atoms with E-state index in [1.165, 1.54) is 10.9 Å². The van der Waals surface area contributed by atoms with Gasteiger partial charge < -0.3 is 20.7 Å². The number of nitrogens with one attached hydrogen (secondary N) is 3. The average molecular weight is 520 g/mol. The predicted octanol–water partition coefficient (Wildman–Crippen LogP) is 3.15. The first-order valence-corrected chi connectivity index (χ1v) is 12.7. The molecule has 3 N–H and O–H groups in total. The van der Waals surface area contributed by atoms with Crippen molar-refractivity contribution < 1.29 is 19.1 Å². The molecule has 9 nitrogen and oxygen atoms in total. The number of ether oxygens (including phenoxy) is 1. The Labute approximate surface area is 218 Å². The van der Waals surface area contributed by atoms with Gasteiger partial charge in [-0.05, 0) is 60.2 Å². The molecule has 2 atom stereocenters. The maximum absolute atomic E-state index is 13.6. The first-order chi connectivity index (χ1) is 17.9. The number of aromatic nitrogens is 2. The van der Waals surface area contributed by atoms with Crippen LogP contribution < -0.4 is 16.0 Å². The zero-order valence-electron chi connectivity index (χ0n) is 20.2. The number of fused-ring (bicyclic) bond motifs is 3. The molecule has 0 saturated carbocycles. The fraction of sp³-hybridized carbons (Fsp3) is 0.333. The number of aryl methyl sites for hydroxylation is 1. The summed E-state index contributed by atoms with van der Waals surface area (Å²) >= 11 is 6.47.